The maximum atomic E-state index is 12.5. The van der Waals surface area contributed by atoms with Crippen molar-refractivity contribution in [3.63, 3.8) is 0 Å². The van der Waals surface area contributed by atoms with E-state index in [1.165, 1.54) is 0 Å². The molecular formula is C27H28N2O7. The number of amides is 2. The van der Waals surface area contributed by atoms with Crippen LogP contribution < -0.4 is 15.4 Å². The predicted octanol–water partition coefficient (Wildman–Crippen LogP) is 2.66. The molecule has 36 heavy (non-hydrogen) atoms. The van der Waals surface area contributed by atoms with Crippen LogP contribution in [0.1, 0.15) is 16.7 Å². The van der Waals surface area contributed by atoms with Crippen molar-refractivity contribution in [1.29, 1.82) is 0 Å². The van der Waals surface area contributed by atoms with Crippen LogP contribution in [0.4, 0.5) is 4.79 Å². The molecule has 0 bridgehead atoms. The zero-order chi connectivity index (χ0) is 25.8. The minimum atomic E-state index is -1.37. The highest BCUT2D eigenvalue weighted by Crippen LogP contribution is 2.15. The molecule has 0 radical (unpaired) electrons. The van der Waals surface area contributed by atoms with E-state index in [-0.39, 0.29) is 13.0 Å². The van der Waals surface area contributed by atoms with Crippen molar-refractivity contribution in [2.24, 2.45) is 0 Å². The molecule has 3 rings (SSSR count). The second-order valence-corrected chi connectivity index (χ2v) is 7.96. The summed E-state index contributed by atoms with van der Waals surface area (Å²) in [6.07, 6.45) is -0.914. The molecule has 0 saturated heterocycles. The molecule has 2 atom stereocenters. The molecule has 0 unspecified atom stereocenters. The minimum absolute atomic E-state index is 0.00333. The maximum Gasteiger partial charge on any atom is 0.408 e. The van der Waals surface area contributed by atoms with Crippen molar-refractivity contribution in [3.05, 3.63) is 102 Å². The molecule has 0 fully saturated rings. The minimum Gasteiger partial charge on any atom is -0.489 e. The highest BCUT2D eigenvalue weighted by molar-refractivity contribution is 5.89. The fraction of sp³-hybridized carbons (Fsp3) is 0.222. The van der Waals surface area contributed by atoms with Gasteiger partial charge < -0.3 is 30.3 Å². The molecule has 0 heterocycles. The predicted molar refractivity (Wildman–Crippen MR) is 131 cm³/mol. The van der Waals surface area contributed by atoms with Gasteiger partial charge in [0.25, 0.3) is 0 Å². The van der Waals surface area contributed by atoms with Crippen molar-refractivity contribution < 1.29 is 34.1 Å². The molecule has 2 amide bonds. The molecule has 9 nitrogen and oxygen atoms in total. The normalized spacial score (nSPS) is 12.1. The van der Waals surface area contributed by atoms with Crippen molar-refractivity contribution in [2.45, 2.75) is 31.7 Å². The zero-order valence-electron chi connectivity index (χ0n) is 19.5. The third-order valence-electron chi connectivity index (χ3n) is 5.23. The third-order valence-corrected chi connectivity index (χ3v) is 5.23. The summed E-state index contributed by atoms with van der Waals surface area (Å²) in [6.45, 7) is -0.349. The Labute approximate surface area is 208 Å². The molecule has 3 aromatic rings. The Balaban J connectivity index is 1.50. The van der Waals surface area contributed by atoms with Gasteiger partial charge in [0.1, 0.15) is 31.0 Å². The van der Waals surface area contributed by atoms with Gasteiger partial charge in [-0.2, -0.15) is 0 Å². The van der Waals surface area contributed by atoms with E-state index >= 15 is 0 Å². The monoisotopic (exact) mass is 492 g/mol. The van der Waals surface area contributed by atoms with Gasteiger partial charge >= 0.3 is 12.1 Å². The Morgan fingerprint density at radius 2 is 1.31 bits per heavy atom. The lowest BCUT2D eigenvalue weighted by atomic mass is 10.1. The second-order valence-electron chi connectivity index (χ2n) is 7.96. The number of carbonyl (C=O) groups is 3. The van der Waals surface area contributed by atoms with Gasteiger partial charge in [-0.15, -0.1) is 0 Å². The Kier molecular flexibility index (Phi) is 9.84. The van der Waals surface area contributed by atoms with E-state index in [0.29, 0.717) is 17.9 Å². The number of carboxylic acid groups (broad SMARTS) is 1. The number of nitrogens with one attached hydrogen (secondary N) is 2. The smallest absolute Gasteiger partial charge is 0.408 e. The molecule has 0 spiro atoms. The number of ether oxygens (including phenoxy) is 2. The summed E-state index contributed by atoms with van der Waals surface area (Å²) < 4.78 is 10.8. The Morgan fingerprint density at radius 1 is 0.722 bits per heavy atom. The Morgan fingerprint density at radius 3 is 1.86 bits per heavy atom. The van der Waals surface area contributed by atoms with Gasteiger partial charge in [0, 0.05) is 6.42 Å². The first-order valence-corrected chi connectivity index (χ1v) is 11.3. The van der Waals surface area contributed by atoms with Crippen LogP contribution >= 0.6 is 0 Å². The number of carboxylic acids is 1. The highest BCUT2D eigenvalue weighted by atomic mass is 16.5. The van der Waals surface area contributed by atoms with Crippen LogP contribution in [0.2, 0.25) is 0 Å². The molecule has 0 saturated carbocycles. The number of hydrogen-bond donors (Lipinski definition) is 4. The van der Waals surface area contributed by atoms with Crippen molar-refractivity contribution in [2.75, 3.05) is 6.61 Å². The Hall–Kier alpha value is -4.37. The van der Waals surface area contributed by atoms with Crippen LogP contribution in [-0.2, 0) is 34.0 Å². The fourth-order valence-electron chi connectivity index (χ4n) is 3.27. The number of rotatable bonds is 12. The summed E-state index contributed by atoms with van der Waals surface area (Å²) in [5, 5.41) is 23.7. The summed E-state index contributed by atoms with van der Waals surface area (Å²) in [5.41, 5.74) is 2.43. The number of hydrogen-bond acceptors (Lipinski definition) is 6. The molecule has 3 aromatic carbocycles. The van der Waals surface area contributed by atoms with E-state index in [9.17, 15) is 24.6 Å². The van der Waals surface area contributed by atoms with Gasteiger partial charge in [-0.05, 0) is 28.8 Å². The SMILES string of the molecule is O=C(N[C@@H](CO)C(=O)N[C@@H](Cc1ccc(OCc2ccccc2)cc1)C(=O)O)OCc1ccccc1. The molecule has 0 aliphatic rings. The van der Waals surface area contributed by atoms with Crippen molar-refractivity contribution in [3.8, 4) is 5.75 Å². The molecule has 0 aliphatic heterocycles. The van der Waals surface area contributed by atoms with Crippen LogP contribution in [0.25, 0.3) is 0 Å². The molecule has 4 N–H and O–H groups in total. The first-order valence-electron chi connectivity index (χ1n) is 11.3. The van der Waals surface area contributed by atoms with Crippen molar-refractivity contribution >= 4 is 18.0 Å². The average molecular weight is 493 g/mol. The van der Waals surface area contributed by atoms with E-state index in [1.807, 2.05) is 36.4 Å². The van der Waals surface area contributed by atoms with Crippen LogP contribution in [-0.4, -0.2) is 46.9 Å². The van der Waals surface area contributed by atoms with Gasteiger partial charge in [0.2, 0.25) is 5.91 Å². The lowest BCUT2D eigenvalue weighted by Crippen LogP contribution is -2.53. The number of aliphatic hydroxyl groups excluding tert-OH is 1. The number of benzene rings is 3. The standard InChI is InChI=1S/C27H28N2O7/c30-16-24(29-27(34)36-18-21-9-5-2-6-10-21)25(31)28-23(26(32)33)15-19-11-13-22(14-12-19)35-17-20-7-3-1-4-8-20/h1-14,23-24,30H,15-18H2,(H,28,31)(H,29,34)(H,32,33)/t23-,24-/m0/s1. The summed E-state index contributed by atoms with van der Waals surface area (Å²) in [7, 11) is 0. The van der Waals surface area contributed by atoms with Crippen LogP contribution in [0, 0.1) is 0 Å². The quantitative estimate of drug-likeness (QED) is 0.305. The molecule has 188 valence electrons. The van der Waals surface area contributed by atoms with E-state index in [4.69, 9.17) is 9.47 Å². The maximum absolute atomic E-state index is 12.5. The van der Waals surface area contributed by atoms with Crippen LogP contribution in [0.15, 0.2) is 84.9 Å². The Bertz CT molecular complexity index is 1120. The number of aliphatic hydroxyl groups is 1. The van der Waals surface area contributed by atoms with E-state index in [1.54, 1.807) is 48.5 Å². The first-order chi connectivity index (χ1) is 17.4. The molecule has 0 aliphatic carbocycles. The van der Waals surface area contributed by atoms with Gasteiger partial charge in [0.15, 0.2) is 0 Å². The van der Waals surface area contributed by atoms with E-state index in [0.717, 1.165) is 11.1 Å². The average Bonchev–Trinajstić information content (AvgIpc) is 2.90. The summed E-state index contributed by atoms with van der Waals surface area (Å²) in [5.74, 6) is -1.47. The van der Waals surface area contributed by atoms with E-state index < -0.39 is 36.7 Å². The summed E-state index contributed by atoms with van der Waals surface area (Å²) >= 11 is 0. The lowest BCUT2D eigenvalue weighted by Gasteiger charge is -2.20. The van der Waals surface area contributed by atoms with Gasteiger partial charge in [-0.3, -0.25) is 4.79 Å². The third kappa shape index (κ3) is 8.44. The first kappa shape index (κ1) is 26.2. The topological polar surface area (TPSA) is 134 Å². The van der Waals surface area contributed by atoms with Crippen molar-refractivity contribution in [1.82, 2.24) is 10.6 Å². The fourth-order valence-corrected chi connectivity index (χ4v) is 3.27. The van der Waals surface area contributed by atoms with Gasteiger partial charge in [0.05, 0.1) is 6.61 Å². The van der Waals surface area contributed by atoms with E-state index in [2.05, 4.69) is 10.6 Å². The molecule has 9 heteroatoms. The highest BCUT2D eigenvalue weighted by Gasteiger charge is 2.26. The summed E-state index contributed by atoms with van der Waals surface area (Å²) in [4.78, 5) is 36.3. The van der Waals surface area contributed by atoms with Crippen LogP contribution in [0.5, 0.6) is 5.75 Å². The molecular weight excluding hydrogens is 464 g/mol. The second kappa shape index (κ2) is 13.5. The lowest BCUT2D eigenvalue weighted by molar-refractivity contribution is -0.142. The number of carbonyl (C=O) groups excluding carboxylic acids is 2. The van der Waals surface area contributed by atoms with Crippen LogP contribution in [0.3, 0.4) is 0 Å². The molecule has 0 aromatic heterocycles. The van der Waals surface area contributed by atoms with Gasteiger partial charge in [-0.25, -0.2) is 9.59 Å². The summed E-state index contributed by atoms with van der Waals surface area (Å²) in [6, 6.07) is 22.8. The number of alkyl carbamates (subject to hydrolysis) is 1. The number of aliphatic carboxylic acids is 1. The van der Waals surface area contributed by atoms with Gasteiger partial charge in [-0.1, -0.05) is 72.8 Å². The zero-order valence-corrected chi connectivity index (χ0v) is 19.5. The largest absolute Gasteiger partial charge is 0.489 e.